The smallest absolute Gasteiger partial charge is 0.100 e. The van der Waals surface area contributed by atoms with E-state index in [1.165, 1.54) is 60.8 Å². The third-order valence-electron chi connectivity index (χ3n) is 7.33. The van der Waals surface area contributed by atoms with Crippen LogP contribution in [0.15, 0.2) is 115 Å². The second-order valence-corrected chi connectivity index (χ2v) is 9.08. The Balaban J connectivity index is 1.35. The summed E-state index contributed by atoms with van der Waals surface area (Å²) in [6.07, 6.45) is 0. The standard InChI is InChI=1S/C31H21N3/c1-2-9-21(10-3-1)32-20-33(30-16-7-6-15-29(30)32)22-17-18-28-26(19-22)25-13-8-12-24-23-11-4-5-14-27(23)34(28)31(24)25/h1-19H,20H2. The first-order valence-corrected chi connectivity index (χ1v) is 11.7. The minimum Gasteiger partial charge on any atom is -0.321 e. The predicted molar refractivity (Wildman–Crippen MR) is 143 cm³/mol. The first kappa shape index (κ1) is 18.0. The van der Waals surface area contributed by atoms with Gasteiger partial charge in [0.05, 0.1) is 27.9 Å². The number of para-hydroxylation sites is 5. The SMILES string of the molecule is c1ccc(N2CN(c3ccc4c(c3)c3cccc5c6ccccc6n4c53)c3ccccc32)cc1. The zero-order valence-corrected chi connectivity index (χ0v) is 18.5. The van der Waals surface area contributed by atoms with Gasteiger partial charge in [-0.2, -0.15) is 0 Å². The molecule has 0 radical (unpaired) electrons. The van der Waals surface area contributed by atoms with E-state index < -0.39 is 0 Å². The number of hydrogen-bond donors (Lipinski definition) is 0. The zero-order chi connectivity index (χ0) is 22.2. The van der Waals surface area contributed by atoms with E-state index in [4.69, 9.17) is 0 Å². The van der Waals surface area contributed by atoms with Gasteiger partial charge in [-0.1, -0.05) is 66.7 Å². The lowest BCUT2D eigenvalue weighted by Gasteiger charge is -2.22. The first-order valence-electron chi connectivity index (χ1n) is 11.7. The van der Waals surface area contributed by atoms with E-state index >= 15 is 0 Å². The van der Waals surface area contributed by atoms with Crippen LogP contribution in [0.5, 0.6) is 0 Å². The van der Waals surface area contributed by atoms with Gasteiger partial charge in [0.15, 0.2) is 0 Å². The Morgan fingerprint density at radius 3 is 1.88 bits per heavy atom. The van der Waals surface area contributed by atoms with Gasteiger partial charge < -0.3 is 14.2 Å². The Kier molecular flexibility index (Phi) is 3.45. The Morgan fingerprint density at radius 2 is 1.06 bits per heavy atom. The molecule has 5 aromatic carbocycles. The molecule has 0 saturated carbocycles. The predicted octanol–water partition coefficient (Wildman–Crippen LogP) is 8.08. The molecule has 1 aliphatic rings. The highest BCUT2D eigenvalue weighted by atomic mass is 15.4. The molecular weight excluding hydrogens is 414 g/mol. The molecule has 0 aliphatic carbocycles. The summed E-state index contributed by atoms with van der Waals surface area (Å²) in [5, 5.41) is 5.27. The molecule has 0 atom stereocenters. The molecule has 3 heterocycles. The average Bonchev–Trinajstić information content (AvgIpc) is 3.56. The third-order valence-corrected chi connectivity index (χ3v) is 7.33. The third kappa shape index (κ3) is 2.26. The van der Waals surface area contributed by atoms with E-state index in [9.17, 15) is 0 Å². The van der Waals surface area contributed by atoms with Crippen molar-refractivity contribution in [3.63, 3.8) is 0 Å². The van der Waals surface area contributed by atoms with Gasteiger partial charge in [0.1, 0.15) is 6.67 Å². The molecule has 34 heavy (non-hydrogen) atoms. The van der Waals surface area contributed by atoms with Gasteiger partial charge in [-0.3, -0.25) is 0 Å². The summed E-state index contributed by atoms with van der Waals surface area (Å²) in [6, 6.07) is 41.7. The van der Waals surface area contributed by atoms with Crippen molar-refractivity contribution in [3.05, 3.63) is 115 Å². The molecular formula is C31H21N3. The van der Waals surface area contributed by atoms with Crippen LogP contribution in [0.2, 0.25) is 0 Å². The van der Waals surface area contributed by atoms with E-state index in [0.29, 0.717) is 0 Å². The molecule has 7 aromatic rings. The van der Waals surface area contributed by atoms with Crippen LogP contribution >= 0.6 is 0 Å². The molecule has 0 fully saturated rings. The zero-order valence-electron chi connectivity index (χ0n) is 18.5. The molecule has 0 bridgehead atoms. The van der Waals surface area contributed by atoms with Crippen molar-refractivity contribution in [1.29, 1.82) is 0 Å². The monoisotopic (exact) mass is 435 g/mol. The average molecular weight is 436 g/mol. The fourth-order valence-electron chi connectivity index (χ4n) is 5.85. The summed E-state index contributed by atoms with van der Waals surface area (Å²) < 4.78 is 2.44. The maximum atomic E-state index is 2.44. The fraction of sp³-hybridized carbons (Fsp3) is 0.0323. The van der Waals surface area contributed by atoms with E-state index in [2.05, 4.69) is 129 Å². The molecule has 1 aliphatic heterocycles. The van der Waals surface area contributed by atoms with E-state index in [-0.39, 0.29) is 0 Å². The van der Waals surface area contributed by atoms with Gasteiger partial charge >= 0.3 is 0 Å². The van der Waals surface area contributed by atoms with Gasteiger partial charge in [0.25, 0.3) is 0 Å². The van der Waals surface area contributed by atoms with Crippen molar-refractivity contribution in [2.24, 2.45) is 0 Å². The number of hydrogen-bond acceptors (Lipinski definition) is 2. The van der Waals surface area contributed by atoms with Crippen LogP contribution in [0.3, 0.4) is 0 Å². The molecule has 0 amide bonds. The Labute approximate surface area is 197 Å². The topological polar surface area (TPSA) is 10.9 Å². The lowest BCUT2D eigenvalue weighted by atomic mass is 10.1. The Morgan fingerprint density at radius 1 is 0.441 bits per heavy atom. The van der Waals surface area contributed by atoms with Crippen LogP contribution in [0.1, 0.15) is 0 Å². The lowest BCUT2D eigenvalue weighted by molar-refractivity contribution is 0.992. The summed E-state index contributed by atoms with van der Waals surface area (Å²) in [7, 11) is 0. The van der Waals surface area contributed by atoms with Crippen LogP contribution in [0, 0.1) is 0 Å². The molecule has 160 valence electrons. The lowest BCUT2D eigenvalue weighted by Crippen LogP contribution is -2.23. The normalized spacial score (nSPS) is 13.6. The van der Waals surface area contributed by atoms with Crippen LogP contribution in [0.25, 0.3) is 38.1 Å². The van der Waals surface area contributed by atoms with E-state index in [1.54, 1.807) is 0 Å². The Bertz CT molecular complexity index is 1850. The van der Waals surface area contributed by atoms with Gasteiger partial charge in [0.2, 0.25) is 0 Å². The Hall–Kier alpha value is -4.50. The summed E-state index contributed by atoms with van der Waals surface area (Å²) in [6.45, 7) is 0.793. The molecule has 3 nitrogen and oxygen atoms in total. The first-order chi connectivity index (χ1) is 16.9. The maximum absolute atomic E-state index is 2.44. The molecule has 0 spiro atoms. The number of fused-ring (bicyclic) bond motifs is 7. The minimum atomic E-state index is 0.793. The highest BCUT2D eigenvalue weighted by Gasteiger charge is 2.28. The van der Waals surface area contributed by atoms with Crippen LogP contribution < -0.4 is 9.80 Å². The van der Waals surface area contributed by atoms with Crippen molar-refractivity contribution >= 4 is 60.8 Å². The minimum absolute atomic E-state index is 0.793. The number of benzene rings is 5. The highest BCUT2D eigenvalue weighted by molar-refractivity contribution is 6.23. The largest absolute Gasteiger partial charge is 0.321 e. The van der Waals surface area contributed by atoms with E-state index in [1.807, 2.05) is 0 Å². The molecule has 0 unspecified atom stereocenters. The molecule has 8 rings (SSSR count). The van der Waals surface area contributed by atoms with Gasteiger partial charge in [-0.05, 0) is 48.5 Å². The molecule has 0 saturated heterocycles. The summed E-state index contributed by atoms with van der Waals surface area (Å²) in [5.41, 5.74) is 8.79. The number of nitrogens with zero attached hydrogens (tertiary/aromatic N) is 3. The summed E-state index contributed by atoms with van der Waals surface area (Å²) in [5.74, 6) is 0. The van der Waals surface area contributed by atoms with Crippen LogP contribution in [-0.2, 0) is 0 Å². The van der Waals surface area contributed by atoms with Crippen molar-refractivity contribution in [2.75, 3.05) is 16.5 Å². The van der Waals surface area contributed by atoms with E-state index in [0.717, 1.165) is 6.67 Å². The van der Waals surface area contributed by atoms with Gasteiger partial charge in [0, 0.05) is 32.9 Å². The van der Waals surface area contributed by atoms with Crippen LogP contribution in [0.4, 0.5) is 22.7 Å². The second kappa shape index (κ2) is 6.52. The number of aromatic nitrogens is 1. The summed E-state index contributed by atoms with van der Waals surface area (Å²) >= 11 is 0. The van der Waals surface area contributed by atoms with Crippen LogP contribution in [-0.4, -0.2) is 11.1 Å². The maximum Gasteiger partial charge on any atom is 0.100 e. The molecule has 0 N–H and O–H groups in total. The van der Waals surface area contributed by atoms with Crippen molar-refractivity contribution in [3.8, 4) is 0 Å². The highest BCUT2D eigenvalue weighted by Crippen LogP contribution is 2.46. The number of rotatable bonds is 2. The van der Waals surface area contributed by atoms with Gasteiger partial charge in [-0.25, -0.2) is 0 Å². The second-order valence-electron chi connectivity index (χ2n) is 9.08. The van der Waals surface area contributed by atoms with Crippen molar-refractivity contribution < 1.29 is 0 Å². The van der Waals surface area contributed by atoms with Crippen molar-refractivity contribution in [2.45, 2.75) is 0 Å². The molecule has 2 aromatic heterocycles. The molecule has 3 heteroatoms. The van der Waals surface area contributed by atoms with Gasteiger partial charge in [-0.15, -0.1) is 0 Å². The number of anilines is 4. The van der Waals surface area contributed by atoms with Crippen molar-refractivity contribution in [1.82, 2.24) is 4.40 Å². The quantitative estimate of drug-likeness (QED) is 0.272. The summed E-state index contributed by atoms with van der Waals surface area (Å²) in [4.78, 5) is 4.81. The fourth-order valence-corrected chi connectivity index (χ4v) is 5.85.